The van der Waals surface area contributed by atoms with Crippen molar-refractivity contribution in [2.75, 3.05) is 11.9 Å². The number of amides is 1. The molecule has 0 aromatic heterocycles. The van der Waals surface area contributed by atoms with Crippen LogP contribution in [0.15, 0.2) is 48.5 Å². The Kier molecular flexibility index (Phi) is 5.92. The first-order valence-electron chi connectivity index (χ1n) is 7.71. The third-order valence-electron chi connectivity index (χ3n) is 3.50. The summed E-state index contributed by atoms with van der Waals surface area (Å²) < 4.78 is 5.56. The molecule has 0 heterocycles. The van der Waals surface area contributed by atoms with E-state index in [9.17, 15) is 9.59 Å². The summed E-state index contributed by atoms with van der Waals surface area (Å²) in [5, 5.41) is 2.78. The Balaban J connectivity index is 1.77. The number of nitrogens with one attached hydrogen (secondary N) is 1. The van der Waals surface area contributed by atoms with Crippen molar-refractivity contribution in [3.63, 3.8) is 0 Å². The molecule has 1 amide bonds. The second-order valence-corrected chi connectivity index (χ2v) is 5.28. The fraction of sp³-hybridized carbons (Fsp3) is 0.263. The zero-order valence-corrected chi connectivity index (χ0v) is 13.5. The van der Waals surface area contributed by atoms with Crippen molar-refractivity contribution in [2.24, 2.45) is 0 Å². The minimum absolute atomic E-state index is 0.00497. The second-order valence-electron chi connectivity index (χ2n) is 5.28. The van der Waals surface area contributed by atoms with Gasteiger partial charge in [0.05, 0.1) is 13.0 Å². The molecule has 2 aromatic rings. The average molecular weight is 311 g/mol. The van der Waals surface area contributed by atoms with Gasteiger partial charge in [0.2, 0.25) is 5.91 Å². The van der Waals surface area contributed by atoms with Crippen LogP contribution in [0.5, 0.6) is 5.75 Å². The highest BCUT2D eigenvalue weighted by Gasteiger charge is 2.04. The lowest BCUT2D eigenvalue weighted by Crippen LogP contribution is -2.15. The summed E-state index contributed by atoms with van der Waals surface area (Å²) in [6.45, 7) is 3.93. The topological polar surface area (TPSA) is 55.4 Å². The first-order valence-corrected chi connectivity index (χ1v) is 7.71. The minimum Gasteiger partial charge on any atom is -0.493 e. The first kappa shape index (κ1) is 16.7. The largest absolute Gasteiger partial charge is 0.493 e. The molecule has 0 saturated heterocycles. The van der Waals surface area contributed by atoms with Crippen LogP contribution in [0.1, 0.15) is 36.2 Å². The van der Waals surface area contributed by atoms with E-state index < -0.39 is 0 Å². The summed E-state index contributed by atoms with van der Waals surface area (Å²) in [5.41, 5.74) is 2.55. The van der Waals surface area contributed by atoms with Crippen LogP contribution in [0.25, 0.3) is 0 Å². The molecule has 0 fully saturated rings. The number of carbonyl (C=O) groups excluding carboxylic acids is 2. The maximum Gasteiger partial charge on any atom is 0.227 e. The summed E-state index contributed by atoms with van der Waals surface area (Å²) in [5.74, 6) is 0.650. The normalized spacial score (nSPS) is 10.2. The quantitative estimate of drug-likeness (QED) is 0.790. The molecule has 2 rings (SSSR count). The Morgan fingerprint density at radius 3 is 2.22 bits per heavy atom. The van der Waals surface area contributed by atoms with E-state index >= 15 is 0 Å². The van der Waals surface area contributed by atoms with E-state index in [1.165, 1.54) is 12.5 Å². The van der Waals surface area contributed by atoms with Gasteiger partial charge in [-0.2, -0.15) is 0 Å². The lowest BCUT2D eigenvalue weighted by molar-refractivity contribution is -0.116. The smallest absolute Gasteiger partial charge is 0.227 e. The van der Waals surface area contributed by atoms with Crippen LogP contribution in [0.2, 0.25) is 0 Å². The summed E-state index contributed by atoms with van der Waals surface area (Å²) in [6.07, 6.45) is 1.26. The highest BCUT2D eigenvalue weighted by atomic mass is 16.5. The van der Waals surface area contributed by atoms with Crippen LogP contribution >= 0.6 is 0 Å². The number of hydrogen-bond donors (Lipinski definition) is 1. The van der Waals surface area contributed by atoms with Crippen molar-refractivity contribution in [1.29, 1.82) is 0 Å². The molecule has 0 spiro atoms. The van der Waals surface area contributed by atoms with Gasteiger partial charge in [0.1, 0.15) is 5.75 Å². The standard InChI is InChI=1S/C19H21NO3/c1-3-15-4-10-18(11-5-15)23-13-12-19(22)20-17-8-6-16(7-9-17)14(2)21/h4-11H,3,12-13H2,1-2H3,(H,20,22). The molecule has 0 atom stereocenters. The molecular formula is C19H21NO3. The van der Waals surface area contributed by atoms with Crippen LogP contribution in [0.4, 0.5) is 5.69 Å². The van der Waals surface area contributed by atoms with E-state index in [0.717, 1.165) is 12.2 Å². The van der Waals surface area contributed by atoms with Crippen LogP contribution < -0.4 is 10.1 Å². The zero-order chi connectivity index (χ0) is 16.7. The van der Waals surface area contributed by atoms with Crippen LogP contribution in [0.3, 0.4) is 0 Å². The van der Waals surface area contributed by atoms with Crippen LogP contribution in [0, 0.1) is 0 Å². The van der Waals surface area contributed by atoms with Gasteiger partial charge in [0, 0.05) is 11.3 Å². The number of carbonyl (C=O) groups is 2. The molecule has 4 nitrogen and oxygen atoms in total. The van der Waals surface area contributed by atoms with Gasteiger partial charge in [-0.05, 0) is 55.3 Å². The highest BCUT2D eigenvalue weighted by molar-refractivity contribution is 5.95. The Morgan fingerprint density at radius 1 is 1.00 bits per heavy atom. The molecule has 2 aromatic carbocycles. The molecule has 0 bridgehead atoms. The van der Waals surface area contributed by atoms with Crippen molar-refractivity contribution in [1.82, 2.24) is 0 Å². The molecule has 0 aliphatic heterocycles. The molecule has 0 unspecified atom stereocenters. The molecule has 4 heteroatoms. The summed E-state index contributed by atoms with van der Waals surface area (Å²) in [4.78, 5) is 23.1. The van der Waals surface area contributed by atoms with Crippen molar-refractivity contribution in [3.8, 4) is 5.75 Å². The third-order valence-corrected chi connectivity index (χ3v) is 3.50. The molecule has 0 aliphatic carbocycles. The molecule has 0 radical (unpaired) electrons. The molecule has 23 heavy (non-hydrogen) atoms. The lowest BCUT2D eigenvalue weighted by Gasteiger charge is -2.08. The maximum atomic E-state index is 11.9. The number of hydrogen-bond acceptors (Lipinski definition) is 3. The van der Waals surface area contributed by atoms with Crippen molar-refractivity contribution in [3.05, 3.63) is 59.7 Å². The first-order chi connectivity index (χ1) is 11.1. The van der Waals surface area contributed by atoms with Crippen molar-refractivity contribution >= 4 is 17.4 Å². The van der Waals surface area contributed by atoms with E-state index in [2.05, 4.69) is 12.2 Å². The summed E-state index contributed by atoms with van der Waals surface area (Å²) in [7, 11) is 0. The fourth-order valence-corrected chi connectivity index (χ4v) is 2.09. The van der Waals surface area contributed by atoms with E-state index in [-0.39, 0.29) is 18.1 Å². The van der Waals surface area contributed by atoms with E-state index in [4.69, 9.17) is 4.74 Å². The Bertz CT molecular complexity index is 660. The van der Waals surface area contributed by atoms with E-state index in [0.29, 0.717) is 17.9 Å². The average Bonchev–Trinajstić information content (AvgIpc) is 2.56. The Hall–Kier alpha value is -2.62. The summed E-state index contributed by atoms with van der Waals surface area (Å²) >= 11 is 0. The summed E-state index contributed by atoms with van der Waals surface area (Å²) in [6, 6.07) is 14.7. The number of aryl methyl sites for hydroxylation is 1. The van der Waals surface area contributed by atoms with Gasteiger partial charge in [0.15, 0.2) is 5.78 Å². The Labute approximate surface area is 136 Å². The van der Waals surface area contributed by atoms with Crippen molar-refractivity contribution < 1.29 is 14.3 Å². The number of anilines is 1. The SMILES string of the molecule is CCc1ccc(OCCC(=O)Nc2ccc(C(C)=O)cc2)cc1. The zero-order valence-electron chi connectivity index (χ0n) is 13.5. The van der Waals surface area contributed by atoms with Gasteiger partial charge < -0.3 is 10.1 Å². The predicted octanol–water partition coefficient (Wildman–Crippen LogP) is 3.86. The molecule has 0 saturated carbocycles. The molecule has 120 valence electrons. The fourth-order valence-electron chi connectivity index (χ4n) is 2.09. The molecule has 1 N–H and O–H groups in total. The van der Waals surface area contributed by atoms with Crippen LogP contribution in [-0.4, -0.2) is 18.3 Å². The van der Waals surface area contributed by atoms with Gasteiger partial charge in [-0.1, -0.05) is 19.1 Å². The number of Topliss-reactive ketones (excluding diaryl/α,β-unsaturated/α-hetero) is 1. The Morgan fingerprint density at radius 2 is 1.65 bits per heavy atom. The van der Waals surface area contributed by atoms with Gasteiger partial charge in [-0.15, -0.1) is 0 Å². The van der Waals surface area contributed by atoms with Gasteiger partial charge >= 0.3 is 0 Å². The van der Waals surface area contributed by atoms with Gasteiger partial charge in [0.25, 0.3) is 0 Å². The number of benzene rings is 2. The highest BCUT2D eigenvalue weighted by Crippen LogP contribution is 2.13. The van der Waals surface area contributed by atoms with Gasteiger partial charge in [-0.3, -0.25) is 9.59 Å². The number of ether oxygens (including phenoxy) is 1. The maximum absolute atomic E-state index is 11.9. The monoisotopic (exact) mass is 311 g/mol. The molecule has 0 aliphatic rings. The second kappa shape index (κ2) is 8.13. The predicted molar refractivity (Wildman–Crippen MR) is 91.0 cm³/mol. The van der Waals surface area contributed by atoms with Crippen molar-refractivity contribution in [2.45, 2.75) is 26.7 Å². The lowest BCUT2D eigenvalue weighted by atomic mass is 10.1. The van der Waals surface area contributed by atoms with E-state index in [1.54, 1.807) is 24.3 Å². The number of ketones is 1. The minimum atomic E-state index is -0.120. The third kappa shape index (κ3) is 5.25. The number of rotatable bonds is 7. The molecular weight excluding hydrogens is 290 g/mol. The van der Waals surface area contributed by atoms with Crippen LogP contribution in [-0.2, 0) is 11.2 Å². The van der Waals surface area contributed by atoms with E-state index in [1.807, 2.05) is 24.3 Å². The van der Waals surface area contributed by atoms with Gasteiger partial charge in [-0.25, -0.2) is 0 Å².